The second kappa shape index (κ2) is 7.80. The number of imidazole rings is 1. The summed E-state index contributed by atoms with van der Waals surface area (Å²) >= 11 is 0. The lowest BCUT2D eigenvalue weighted by atomic mass is 10.1. The Hall–Kier alpha value is -4.08. The zero-order valence-electron chi connectivity index (χ0n) is 17.9. The van der Waals surface area contributed by atoms with Crippen LogP contribution < -0.4 is 10.6 Å². The van der Waals surface area contributed by atoms with Gasteiger partial charge in [-0.2, -0.15) is 0 Å². The third-order valence-corrected chi connectivity index (χ3v) is 5.72. The fourth-order valence-electron chi connectivity index (χ4n) is 3.83. The quantitative estimate of drug-likeness (QED) is 0.432. The molecule has 8 nitrogen and oxygen atoms in total. The highest BCUT2D eigenvalue weighted by Gasteiger charge is 2.30. The van der Waals surface area contributed by atoms with Crippen molar-refractivity contribution in [3.05, 3.63) is 54.0 Å². The molecular weight excluding hydrogens is 430 g/mol. The summed E-state index contributed by atoms with van der Waals surface area (Å²) in [4.78, 5) is 35.9. The molecule has 0 radical (unpaired) electrons. The molecule has 1 saturated carbocycles. The Morgan fingerprint density at radius 1 is 1.15 bits per heavy atom. The predicted molar refractivity (Wildman–Crippen MR) is 118 cm³/mol. The molecule has 1 aromatic carbocycles. The van der Waals surface area contributed by atoms with Crippen LogP contribution in [0.4, 0.5) is 14.6 Å². The fraction of sp³-hybridized carbons (Fsp3) is 0.217. The average Bonchev–Trinajstić information content (AvgIpc) is 3.41. The molecule has 3 aromatic heterocycles. The number of aromatic nitrogens is 4. The first-order valence-corrected chi connectivity index (χ1v) is 10.4. The Kier molecular flexibility index (Phi) is 4.92. The maximum Gasteiger partial charge on any atom is 0.253 e. The van der Waals surface area contributed by atoms with Crippen LogP contribution >= 0.6 is 0 Å². The van der Waals surface area contributed by atoms with Crippen LogP contribution in [0.2, 0.25) is 0 Å². The molecule has 0 spiro atoms. The first-order chi connectivity index (χ1) is 15.9. The highest BCUT2D eigenvalue weighted by atomic mass is 19.1. The standard InChI is InChI=1S/C23H20F2N6O2/c1-26-23(33)14-10-28-20(30-22(32)11-3-4-11)19-13(14)9-17(29-19)18-15(24)7-12(8-16(18)25)21-27-5-6-31(21)2/h5-11,29H,3-4H2,1-2H3,(H,26,33)(H,28,30,32). The molecule has 1 aliphatic carbocycles. The number of rotatable bonds is 5. The summed E-state index contributed by atoms with van der Waals surface area (Å²) in [5.41, 5.74) is 0.650. The molecule has 0 aliphatic heterocycles. The maximum absolute atomic E-state index is 15.1. The Morgan fingerprint density at radius 3 is 2.48 bits per heavy atom. The number of carbonyl (C=O) groups is 2. The fourth-order valence-corrected chi connectivity index (χ4v) is 3.83. The average molecular weight is 450 g/mol. The Labute approximate surface area is 187 Å². The number of H-pyrrole nitrogens is 1. The number of fused-ring (bicyclic) bond motifs is 1. The number of anilines is 1. The molecule has 0 unspecified atom stereocenters. The van der Waals surface area contributed by atoms with Crippen molar-refractivity contribution < 1.29 is 18.4 Å². The van der Waals surface area contributed by atoms with Gasteiger partial charge in [0.15, 0.2) is 5.82 Å². The number of nitrogens with one attached hydrogen (secondary N) is 3. The predicted octanol–water partition coefficient (Wildman–Crippen LogP) is 3.62. The Bertz CT molecular complexity index is 1400. The van der Waals surface area contributed by atoms with Crippen molar-refractivity contribution in [3.8, 4) is 22.6 Å². The molecule has 2 amide bonds. The normalized spacial score (nSPS) is 13.3. The number of pyridine rings is 1. The molecule has 3 N–H and O–H groups in total. The van der Waals surface area contributed by atoms with E-state index >= 15 is 8.78 Å². The first-order valence-electron chi connectivity index (χ1n) is 10.4. The lowest BCUT2D eigenvalue weighted by molar-refractivity contribution is -0.117. The van der Waals surface area contributed by atoms with Crippen molar-refractivity contribution >= 4 is 28.5 Å². The summed E-state index contributed by atoms with van der Waals surface area (Å²) in [7, 11) is 3.20. The van der Waals surface area contributed by atoms with Crippen molar-refractivity contribution in [3.63, 3.8) is 0 Å². The van der Waals surface area contributed by atoms with Gasteiger partial charge in [-0.25, -0.2) is 18.7 Å². The van der Waals surface area contributed by atoms with Crippen molar-refractivity contribution in [2.24, 2.45) is 13.0 Å². The van der Waals surface area contributed by atoms with Crippen LogP contribution in [0.15, 0.2) is 36.8 Å². The van der Waals surface area contributed by atoms with Crippen LogP contribution in [0, 0.1) is 17.6 Å². The van der Waals surface area contributed by atoms with Gasteiger partial charge >= 0.3 is 0 Å². The van der Waals surface area contributed by atoms with E-state index in [-0.39, 0.29) is 34.5 Å². The number of nitrogens with zero attached hydrogens (tertiary/aromatic N) is 3. The zero-order valence-corrected chi connectivity index (χ0v) is 17.9. The Balaban J connectivity index is 1.64. The van der Waals surface area contributed by atoms with Crippen molar-refractivity contribution in [2.75, 3.05) is 12.4 Å². The van der Waals surface area contributed by atoms with Crippen molar-refractivity contribution in [2.45, 2.75) is 12.8 Å². The van der Waals surface area contributed by atoms with E-state index in [1.165, 1.54) is 31.4 Å². The van der Waals surface area contributed by atoms with Gasteiger partial charge in [-0.15, -0.1) is 0 Å². The van der Waals surface area contributed by atoms with E-state index in [0.717, 1.165) is 12.8 Å². The van der Waals surface area contributed by atoms with Crippen LogP contribution in [0.1, 0.15) is 23.2 Å². The number of hydrogen-bond acceptors (Lipinski definition) is 4. The van der Waals surface area contributed by atoms with Gasteiger partial charge in [-0.1, -0.05) is 0 Å². The summed E-state index contributed by atoms with van der Waals surface area (Å²) in [5.74, 6) is -1.62. The van der Waals surface area contributed by atoms with E-state index in [1.54, 1.807) is 24.0 Å². The lowest BCUT2D eigenvalue weighted by Gasteiger charge is -2.08. The topological polar surface area (TPSA) is 105 Å². The van der Waals surface area contributed by atoms with E-state index in [2.05, 4.69) is 25.6 Å². The third-order valence-electron chi connectivity index (χ3n) is 5.72. The van der Waals surface area contributed by atoms with Gasteiger partial charge in [0, 0.05) is 49.6 Å². The first kappa shape index (κ1) is 20.8. The smallest absolute Gasteiger partial charge is 0.253 e. The van der Waals surface area contributed by atoms with Gasteiger partial charge in [-0.3, -0.25) is 9.59 Å². The second-order valence-electron chi connectivity index (χ2n) is 8.01. The van der Waals surface area contributed by atoms with Crippen molar-refractivity contribution in [1.82, 2.24) is 24.8 Å². The van der Waals surface area contributed by atoms with Gasteiger partial charge < -0.3 is 20.2 Å². The van der Waals surface area contributed by atoms with E-state index in [4.69, 9.17) is 0 Å². The van der Waals surface area contributed by atoms with Crippen molar-refractivity contribution in [1.29, 1.82) is 0 Å². The zero-order chi connectivity index (χ0) is 23.3. The van der Waals surface area contributed by atoms with Gasteiger partial charge in [0.05, 0.1) is 22.3 Å². The second-order valence-corrected chi connectivity index (χ2v) is 8.01. The molecule has 33 heavy (non-hydrogen) atoms. The number of hydrogen-bond donors (Lipinski definition) is 3. The number of aryl methyl sites for hydroxylation is 1. The van der Waals surface area contributed by atoms with E-state index in [1.807, 2.05) is 0 Å². The van der Waals surface area contributed by atoms with Gasteiger partial charge in [0.2, 0.25) is 5.91 Å². The number of carbonyl (C=O) groups excluding carboxylic acids is 2. The molecular formula is C23H20F2N6O2. The third kappa shape index (κ3) is 3.63. The minimum absolute atomic E-state index is 0.0662. The number of aromatic amines is 1. The number of benzene rings is 1. The van der Waals surface area contributed by atoms with Crippen LogP contribution in [0.3, 0.4) is 0 Å². The lowest BCUT2D eigenvalue weighted by Crippen LogP contribution is -2.19. The monoisotopic (exact) mass is 450 g/mol. The molecule has 0 bridgehead atoms. The summed E-state index contributed by atoms with van der Waals surface area (Å²) in [6.45, 7) is 0. The SMILES string of the molecule is CNC(=O)c1cnc(NC(=O)C2CC2)c2[nH]c(-c3c(F)cc(-c4nccn4C)cc3F)cc12. The van der Waals surface area contributed by atoms with Crippen LogP contribution in [-0.4, -0.2) is 38.4 Å². The largest absolute Gasteiger partial charge is 0.355 e. The summed E-state index contributed by atoms with van der Waals surface area (Å²) in [6, 6.07) is 3.90. The minimum Gasteiger partial charge on any atom is -0.355 e. The minimum atomic E-state index is -0.794. The molecule has 1 fully saturated rings. The summed E-state index contributed by atoms with van der Waals surface area (Å²) < 4.78 is 31.9. The van der Waals surface area contributed by atoms with Gasteiger partial charge in [-0.05, 0) is 31.0 Å². The highest BCUT2D eigenvalue weighted by molar-refractivity contribution is 6.11. The van der Waals surface area contributed by atoms with E-state index < -0.39 is 17.5 Å². The molecule has 0 saturated heterocycles. The molecule has 1 aliphatic rings. The summed E-state index contributed by atoms with van der Waals surface area (Å²) in [6.07, 6.45) is 6.17. The highest BCUT2D eigenvalue weighted by Crippen LogP contribution is 2.36. The summed E-state index contributed by atoms with van der Waals surface area (Å²) in [5, 5.41) is 5.66. The Morgan fingerprint density at radius 2 is 1.88 bits per heavy atom. The molecule has 0 atom stereocenters. The number of halogens is 2. The molecule has 3 heterocycles. The van der Waals surface area contributed by atoms with Gasteiger partial charge in [0.1, 0.15) is 17.5 Å². The maximum atomic E-state index is 15.1. The van der Waals surface area contributed by atoms with E-state index in [9.17, 15) is 9.59 Å². The van der Waals surface area contributed by atoms with Gasteiger partial charge in [0.25, 0.3) is 5.91 Å². The van der Waals surface area contributed by atoms with Crippen LogP contribution in [-0.2, 0) is 11.8 Å². The van der Waals surface area contributed by atoms with E-state index in [0.29, 0.717) is 22.3 Å². The van der Waals surface area contributed by atoms with Crippen LogP contribution in [0.5, 0.6) is 0 Å². The molecule has 4 aromatic rings. The number of amides is 2. The molecule has 5 rings (SSSR count). The van der Waals surface area contributed by atoms with Crippen LogP contribution in [0.25, 0.3) is 33.5 Å². The molecule has 168 valence electrons. The molecule has 10 heteroatoms.